The van der Waals surface area contributed by atoms with Crippen molar-refractivity contribution in [3.8, 4) is 5.75 Å². The molecule has 1 heterocycles. The molecule has 0 unspecified atom stereocenters. The van der Waals surface area contributed by atoms with Crippen molar-refractivity contribution in [3.05, 3.63) is 53.8 Å². The lowest BCUT2D eigenvalue weighted by Crippen LogP contribution is -2.25. The number of carbonyl (C=O) groups excluding carboxylic acids is 1. The molecule has 2 aromatic rings. The van der Waals surface area contributed by atoms with Crippen LogP contribution in [0, 0.1) is 5.82 Å². The number of benzene rings is 2. The highest BCUT2D eigenvalue weighted by atomic mass is 32.2. The summed E-state index contributed by atoms with van der Waals surface area (Å²) in [7, 11) is -1.83. The Hall–Kier alpha value is -2.61. The van der Waals surface area contributed by atoms with Gasteiger partial charge in [0.05, 0.1) is 24.2 Å². The number of nitrogens with one attached hydrogen (secondary N) is 1. The van der Waals surface area contributed by atoms with Crippen molar-refractivity contribution in [2.75, 3.05) is 29.0 Å². The minimum atomic E-state index is -3.31. The second-order valence-electron chi connectivity index (χ2n) is 6.30. The maximum Gasteiger partial charge on any atom is 0.235 e. The van der Waals surface area contributed by atoms with Crippen molar-refractivity contribution < 1.29 is 22.3 Å². The van der Waals surface area contributed by atoms with Crippen LogP contribution in [0.25, 0.3) is 0 Å². The van der Waals surface area contributed by atoms with Crippen molar-refractivity contribution in [2.45, 2.75) is 19.3 Å². The van der Waals surface area contributed by atoms with E-state index in [4.69, 9.17) is 4.74 Å². The van der Waals surface area contributed by atoms with Crippen molar-refractivity contribution in [1.82, 2.24) is 0 Å². The zero-order valence-electron chi connectivity index (χ0n) is 14.9. The molecule has 144 valence electrons. The first-order valence-corrected chi connectivity index (χ1v) is 10.2. The summed E-state index contributed by atoms with van der Waals surface area (Å²) >= 11 is 0. The van der Waals surface area contributed by atoms with Crippen LogP contribution in [-0.2, 0) is 21.2 Å². The summed E-state index contributed by atoms with van der Waals surface area (Å²) < 4.78 is 44.1. The fourth-order valence-electron chi connectivity index (χ4n) is 3.04. The summed E-state index contributed by atoms with van der Waals surface area (Å²) in [5.74, 6) is -0.0449. The van der Waals surface area contributed by atoms with Crippen LogP contribution in [0.15, 0.2) is 42.5 Å². The average Bonchev–Trinajstić information content (AvgIpc) is 2.99. The van der Waals surface area contributed by atoms with Gasteiger partial charge in [-0.2, -0.15) is 0 Å². The molecular weight excluding hydrogens is 371 g/mol. The number of hydrogen-bond acceptors (Lipinski definition) is 4. The van der Waals surface area contributed by atoms with E-state index in [1.807, 2.05) is 0 Å². The Balaban J connectivity index is 1.73. The van der Waals surface area contributed by atoms with E-state index in [9.17, 15) is 17.6 Å². The van der Waals surface area contributed by atoms with Gasteiger partial charge in [0.15, 0.2) is 0 Å². The van der Waals surface area contributed by atoms with E-state index in [1.165, 1.54) is 23.5 Å². The number of nitrogens with zero attached hydrogens (tertiary/aromatic N) is 1. The van der Waals surface area contributed by atoms with E-state index in [1.54, 1.807) is 30.3 Å². The fraction of sp³-hybridized carbons (Fsp3) is 0.316. The first-order chi connectivity index (χ1) is 12.9. The summed E-state index contributed by atoms with van der Waals surface area (Å²) in [5, 5.41) is 2.76. The number of sulfonamides is 1. The third kappa shape index (κ3) is 4.57. The number of anilines is 2. The number of aryl methyl sites for hydroxylation is 1. The van der Waals surface area contributed by atoms with Crippen LogP contribution in [0.5, 0.6) is 5.75 Å². The number of rotatable bonds is 6. The summed E-state index contributed by atoms with van der Waals surface area (Å²) in [5.41, 5.74) is 1.63. The van der Waals surface area contributed by atoms with E-state index in [-0.39, 0.29) is 23.9 Å². The van der Waals surface area contributed by atoms with Crippen molar-refractivity contribution in [1.29, 1.82) is 0 Å². The highest BCUT2D eigenvalue weighted by molar-refractivity contribution is 7.93. The second-order valence-corrected chi connectivity index (χ2v) is 8.32. The molecule has 0 saturated carbocycles. The van der Waals surface area contributed by atoms with E-state index in [0.717, 1.165) is 5.56 Å². The molecule has 0 aromatic heterocycles. The molecule has 0 bridgehead atoms. The maximum absolute atomic E-state index is 13.2. The number of halogens is 1. The number of hydrogen-bond donors (Lipinski definition) is 1. The number of ether oxygens (including phenoxy) is 1. The second kappa shape index (κ2) is 7.96. The SMILES string of the molecule is COc1ccc(N2CCCS2(=O)=O)cc1NC(=O)CCc1cccc(F)c1. The lowest BCUT2D eigenvalue weighted by molar-refractivity contribution is -0.116. The molecule has 1 amide bonds. The Bertz CT molecular complexity index is 946. The third-order valence-electron chi connectivity index (χ3n) is 4.37. The molecule has 6 nitrogen and oxygen atoms in total. The van der Waals surface area contributed by atoms with Gasteiger partial charge in [-0.05, 0) is 48.7 Å². The van der Waals surface area contributed by atoms with Crippen molar-refractivity contribution >= 4 is 27.3 Å². The van der Waals surface area contributed by atoms with Crippen molar-refractivity contribution in [3.63, 3.8) is 0 Å². The Morgan fingerprint density at radius 3 is 2.74 bits per heavy atom. The molecule has 2 aromatic carbocycles. The molecule has 27 heavy (non-hydrogen) atoms. The standard InChI is InChI=1S/C19H21FN2O4S/c1-26-18-8-7-16(22-10-3-11-27(22,24)25)13-17(18)21-19(23)9-6-14-4-2-5-15(20)12-14/h2,4-5,7-8,12-13H,3,6,9-11H2,1H3,(H,21,23). The molecule has 1 aliphatic rings. The zero-order chi connectivity index (χ0) is 19.4. The molecule has 1 N–H and O–H groups in total. The van der Waals surface area contributed by atoms with Crippen LogP contribution in [0.1, 0.15) is 18.4 Å². The first kappa shape index (κ1) is 19.2. The van der Waals surface area contributed by atoms with Crippen LogP contribution in [0.4, 0.5) is 15.8 Å². The van der Waals surface area contributed by atoms with E-state index in [2.05, 4.69) is 5.32 Å². The summed E-state index contributed by atoms with van der Waals surface area (Å²) in [6.07, 6.45) is 1.13. The Labute approximate surface area is 158 Å². The fourth-order valence-corrected chi connectivity index (χ4v) is 4.60. The van der Waals surface area contributed by atoms with Gasteiger partial charge in [0.25, 0.3) is 0 Å². The summed E-state index contributed by atoms with van der Waals surface area (Å²) in [6.45, 7) is 0.418. The van der Waals surface area contributed by atoms with Gasteiger partial charge in [0.2, 0.25) is 15.9 Å². The van der Waals surface area contributed by atoms with Crippen LogP contribution in [0.3, 0.4) is 0 Å². The maximum atomic E-state index is 13.2. The van der Waals surface area contributed by atoms with Gasteiger partial charge >= 0.3 is 0 Å². The molecule has 1 saturated heterocycles. The minimum Gasteiger partial charge on any atom is -0.495 e. The molecule has 0 spiro atoms. The molecule has 8 heteroatoms. The average molecular weight is 392 g/mol. The largest absolute Gasteiger partial charge is 0.495 e. The van der Waals surface area contributed by atoms with Crippen LogP contribution < -0.4 is 14.4 Å². The molecule has 0 radical (unpaired) electrons. The predicted octanol–water partition coefficient (Wildman–Crippen LogP) is 2.95. The lowest BCUT2D eigenvalue weighted by atomic mass is 10.1. The van der Waals surface area contributed by atoms with Crippen molar-refractivity contribution in [2.24, 2.45) is 0 Å². The van der Waals surface area contributed by atoms with Gasteiger partial charge in [0, 0.05) is 13.0 Å². The van der Waals surface area contributed by atoms with Crippen LogP contribution in [0.2, 0.25) is 0 Å². The van der Waals surface area contributed by atoms with Gasteiger partial charge < -0.3 is 10.1 Å². The smallest absolute Gasteiger partial charge is 0.235 e. The van der Waals surface area contributed by atoms with Gasteiger partial charge in [-0.3, -0.25) is 9.10 Å². The number of methoxy groups -OCH3 is 1. The van der Waals surface area contributed by atoms with E-state index in [0.29, 0.717) is 36.5 Å². The molecule has 1 aliphatic heterocycles. The van der Waals surface area contributed by atoms with Gasteiger partial charge in [-0.25, -0.2) is 12.8 Å². The van der Waals surface area contributed by atoms with Crippen LogP contribution >= 0.6 is 0 Å². The van der Waals surface area contributed by atoms with Gasteiger partial charge in [-0.1, -0.05) is 12.1 Å². The van der Waals surface area contributed by atoms with Crippen LogP contribution in [-0.4, -0.2) is 33.7 Å². The Morgan fingerprint density at radius 2 is 2.07 bits per heavy atom. The summed E-state index contributed by atoms with van der Waals surface area (Å²) in [6, 6.07) is 11.0. The van der Waals surface area contributed by atoms with E-state index < -0.39 is 10.0 Å². The van der Waals surface area contributed by atoms with E-state index >= 15 is 0 Å². The minimum absolute atomic E-state index is 0.119. The molecular formula is C19H21FN2O4S. The normalized spacial score (nSPS) is 15.6. The summed E-state index contributed by atoms with van der Waals surface area (Å²) in [4.78, 5) is 12.3. The number of amides is 1. The Kier molecular flexibility index (Phi) is 5.65. The molecule has 3 rings (SSSR count). The predicted molar refractivity (Wildman–Crippen MR) is 102 cm³/mol. The highest BCUT2D eigenvalue weighted by Crippen LogP contribution is 2.32. The quantitative estimate of drug-likeness (QED) is 0.820. The number of carbonyl (C=O) groups is 1. The van der Waals surface area contributed by atoms with Gasteiger partial charge in [-0.15, -0.1) is 0 Å². The van der Waals surface area contributed by atoms with Gasteiger partial charge in [0.1, 0.15) is 11.6 Å². The molecule has 0 atom stereocenters. The Morgan fingerprint density at radius 1 is 1.26 bits per heavy atom. The monoisotopic (exact) mass is 392 g/mol. The zero-order valence-corrected chi connectivity index (χ0v) is 15.8. The third-order valence-corrected chi connectivity index (χ3v) is 6.24. The highest BCUT2D eigenvalue weighted by Gasteiger charge is 2.29. The molecule has 1 fully saturated rings. The first-order valence-electron chi connectivity index (χ1n) is 8.62. The topological polar surface area (TPSA) is 75.7 Å². The lowest BCUT2D eigenvalue weighted by Gasteiger charge is -2.19. The molecule has 0 aliphatic carbocycles.